The molecule has 1 atom stereocenters. The van der Waals surface area contributed by atoms with Crippen LogP contribution < -0.4 is 16.0 Å². The molecule has 1 aromatic carbocycles. The van der Waals surface area contributed by atoms with Crippen molar-refractivity contribution >= 4 is 11.9 Å². The highest BCUT2D eigenvalue weighted by atomic mass is 16.1. The van der Waals surface area contributed by atoms with E-state index in [2.05, 4.69) is 41.7 Å². The number of hydrogen-bond acceptors (Lipinski definition) is 2. The van der Waals surface area contributed by atoms with Crippen LogP contribution in [0.2, 0.25) is 0 Å². The fraction of sp³-hybridized carbons (Fsp3) is 0.600. The number of aliphatic imine (C=N–C) groups is 1. The Morgan fingerprint density at radius 2 is 1.84 bits per heavy atom. The molecule has 0 aromatic heterocycles. The Kier molecular flexibility index (Phi) is 10.4. The first-order chi connectivity index (χ1) is 12.1. The van der Waals surface area contributed by atoms with E-state index in [9.17, 15) is 4.79 Å². The molecule has 0 aliphatic carbocycles. The molecule has 5 nitrogen and oxygen atoms in total. The van der Waals surface area contributed by atoms with E-state index >= 15 is 0 Å². The number of unbranched alkanes of at least 4 members (excludes halogenated alkanes) is 1. The van der Waals surface area contributed by atoms with Crippen molar-refractivity contribution in [2.45, 2.75) is 53.0 Å². The summed E-state index contributed by atoms with van der Waals surface area (Å²) in [5, 5.41) is 9.39. The van der Waals surface area contributed by atoms with Crippen molar-refractivity contribution in [1.29, 1.82) is 0 Å². The molecule has 0 radical (unpaired) electrons. The van der Waals surface area contributed by atoms with Crippen molar-refractivity contribution in [3.8, 4) is 0 Å². The molecule has 1 aromatic rings. The number of carbonyl (C=O) groups is 1. The summed E-state index contributed by atoms with van der Waals surface area (Å²) in [7, 11) is 1.64. The van der Waals surface area contributed by atoms with Gasteiger partial charge in [-0.05, 0) is 37.0 Å². The lowest BCUT2D eigenvalue weighted by atomic mass is 9.99. The third-order valence-electron chi connectivity index (χ3n) is 4.31. The number of hydrogen-bond donors (Lipinski definition) is 3. The minimum Gasteiger partial charge on any atom is -0.357 e. The second-order valence-corrected chi connectivity index (χ2v) is 6.27. The zero-order valence-corrected chi connectivity index (χ0v) is 16.2. The summed E-state index contributed by atoms with van der Waals surface area (Å²) in [6.45, 7) is 8.95. The van der Waals surface area contributed by atoms with E-state index in [4.69, 9.17) is 0 Å². The molecule has 0 aliphatic rings. The largest absolute Gasteiger partial charge is 0.357 e. The molecule has 0 saturated carbocycles. The summed E-state index contributed by atoms with van der Waals surface area (Å²) >= 11 is 0. The van der Waals surface area contributed by atoms with Gasteiger partial charge in [-0.2, -0.15) is 0 Å². The number of nitrogens with zero attached hydrogens (tertiary/aromatic N) is 1. The number of guanidine groups is 1. The quantitative estimate of drug-likeness (QED) is 0.450. The molecule has 5 heteroatoms. The zero-order valence-electron chi connectivity index (χ0n) is 16.2. The Balaban J connectivity index is 2.60. The average molecular weight is 347 g/mol. The van der Waals surface area contributed by atoms with Crippen molar-refractivity contribution in [3.05, 3.63) is 35.4 Å². The van der Waals surface area contributed by atoms with Gasteiger partial charge in [0.15, 0.2) is 5.96 Å². The van der Waals surface area contributed by atoms with Crippen LogP contribution in [-0.2, 0) is 6.54 Å². The molecular weight excluding hydrogens is 312 g/mol. The van der Waals surface area contributed by atoms with E-state index in [0.29, 0.717) is 18.0 Å². The van der Waals surface area contributed by atoms with E-state index in [1.54, 1.807) is 7.05 Å². The molecule has 140 valence electrons. The van der Waals surface area contributed by atoms with Gasteiger partial charge in [-0.1, -0.05) is 45.2 Å². The van der Waals surface area contributed by atoms with Crippen molar-refractivity contribution in [2.24, 2.45) is 10.9 Å². The van der Waals surface area contributed by atoms with Crippen LogP contribution in [0, 0.1) is 5.92 Å². The van der Waals surface area contributed by atoms with Crippen molar-refractivity contribution in [2.75, 3.05) is 20.1 Å². The van der Waals surface area contributed by atoms with Gasteiger partial charge in [0.25, 0.3) is 5.91 Å². The van der Waals surface area contributed by atoms with Crippen LogP contribution in [0.1, 0.15) is 62.4 Å². The van der Waals surface area contributed by atoms with E-state index < -0.39 is 0 Å². The van der Waals surface area contributed by atoms with Gasteiger partial charge in [0.05, 0.1) is 6.54 Å². The number of rotatable bonds is 10. The Hall–Kier alpha value is -2.04. The summed E-state index contributed by atoms with van der Waals surface area (Å²) in [6.07, 6.45) is 4.98. The first-order valence-corrected chi connectivity index (χ1v) is 9.47. The molecule has 0 saturated heterocycles. The summed E-state index contributed by atoms with van der Waals surface area (Å²) in [5.74, 6) is 1.48. The second-order valence-electron chi connectivity index (χ2n) is 6.27. The highest BCUT2D eigenvalue weighted by Crippen LogP contribution is 2.11. The van der Waals surface area contributed by atoms with E-state index in [1.165, 1.54) is 25.7 Å². The Morgan fingerprint density at radius 3 is 2.40 bits per heavy atom. The molecule has 0 heterocycles. The summed E-state index contributed by atoms with van der Waals surface area (Å²) in [6, 6.07) is 7.57. The first-order valence-electron chi connectivity index (χ1n) is 9.47. The van der Waals surface area contributed by atoms with Gasteiger partial charge in [0.1, 0.15) is 0 Å². The van der Waals surface area contributed by atoms with E-state index in [1.807, 2.05) is 24.3 Å². The topological polar surface area (TPSA) is 65.5 Å². The highest BCUT2D eigenvalue weighted by Gasteiger charge is 2.07. The van der Waals surface area contributed by atoms with E-state index in [0.717, 1.165) is 24.6 Å². The third-order valence-corrected chi connectivity index (χ3v) is 4.31. The van der Waals surface area contributed by atoms with Gasteiger partial charge < -0.3 is 16.0 Å². The Bertz CT molecular complexity index is 525. The van der Waals surface area contributed by atoms with Crippen LogP contribution in [0.5, 0.6) is 0 Å². The molecule has 0 spiro atoms. The maximum atomic E-state index is 11.6. The van der Waals surface area contributed by atoms with Gasteiger partial charge in [0, 0.05) is 25.7 Å². The number of nitrogens with one attached hydrogen (secondary N) is 3. The molecule has 1 amide bonds. The minimum atomic E-state index is -0.0669. The normalized spacial score (nSPS) is 12.6. The molecule has 0 bridgehead atoms. The van der Waals surface area contributed by atoms with Crippen LogP contribution in [0.25, 0.3) is 0 Å². The number of carbonyl (C=O) groups excluding carboxylic acids is 1. The van der Waals surface area contributed by atoms with Gasteiger partial charge in [-0.3, -0.25) is 4.79 Å². The van der Waals surface area contributed by atoms with Crippen LogP contribution in [-0.4, -0.2) is 32.0 Å². The van der Waals surface area contributed by atoms with Gasteiger partial charge in [-0.25, -0.2) is 4.99 Å². The molecule has 1 rings (SSSR count). The van der Waals surface area contributed by atoms with Gasteiger partial charge >= 0.3 is 0 Å². The maximum absolute atomic E-state index is 11.6. The van der Waals surface area contributed by atoms with Gasteiger partial charge in [-0.15, -0.1) is 0 Å². The van der Waals surface area contributed by atoms with Crippen LogP contribution in [0.15, 0.2) is 29.3 Å². The van der Waals surface area contributed by atoms with E-state index in [-0.39, 0.29) is 5.91 Å². The fourth-order valence-electron chi connectivity index (χ4n) is 2.60. The number of amides is 1. The lowest BCUT2D eigenvalue weighted by Gasteiger charge is -2.18. The predicted octanol–water partition coefficient (Wildman–Crippen LogP) is 3.32. The molecule has 1 unspecified atom stereocenters. The second kappa shape index (κ2) is 12.3. The molecule has 0 aliphatic heterocycles. The standard InChI is InChI=1S/C20H34N4O/c1-5-8-9-16(6-2)14-23-20(22-7-3)24-15-17-10-12-18(13-11-17)19(25)21-4/h10-13,16H,5-9,14-15H2,1-4H3,(H,21,25)(H2,22,23,24). The molecular formula is C20H34N4O. The Morgan fingerprint density at radius 1 is 1.12 bits per heavy atom. The minimum absolute atomic E-state index is 0.0669. The molecule has 25 heavy (non-hydrogen) atoms. The van der Waals surface area contributed by atoms with Crippen molar-refractivity contribution in [3.63, 3.8) is 0 Å². The van der Waals surface area contributed by atoms with Crippen LogP contribution in [0.4, 0.5) is 0 Å². The highest BCUT2D eigenvalue weighted by molar-refractivity contribution is 5.93. The fourth-order valence-corrected chi connectivity index (χ4v) is 2.60. The smallest absolute Gasteiger partial charge is 0.251 e. The SMILES string of the molecule is CCCCC(CC)CNC(=NCc1ccc(C(=O)NC)cc1)NCC. The Labute approximate surface area is 152 Å². The third kappa shape index (κ3) is 8.05. The predicted molar refractivity (Wildman–Crippen MR) is 106 cm³/mol. The van der Waals surface area contributed by atoms with Crippen LogP contribution in [0.3, 0.4) is 0 Å². The monoisotopic (exact) mass is 346 g/mol. The number of benzene rings is 1. The van der Waals surface area contributed by atoms with Gasteiger partial charge in [0.2, 0.25) is 0 Å². The summed E-state index contributed by atoms with van der Waals surface area (Å²) < 4.78 is 0. The average Bonchev–Trinajstić information content (AvgIpc) is 2.65. The maximum Gasteiger partial charge on any atom is 0.251 e. The van der Waals surface area contributed by atoms with Crippen molar-refractivity contribution in [1.82, 2.24) is 16.0 Å². The first kappa shape index (κ1) is 21.0. The lowest BCUT2D eigenvalue weighted by Crippen LogP contribution is -2.39. The zero-order chi connectivity index (χ0) is 18.5. The van der Waals surface area contributed by atoms with Crippen LogP contribution >= 0.6 is 0 Å². The summed E-state index contributed by atoms with van der Waals surface area (Å²) in [5.41, 5.74) is 1.75. The summed E-state index contributed by atoms with van der Waals surface area (Å²) in [4.78, 5) is 16.2. The molecule has 0 fully saturated rings. The lowest BCUT2D eigenvalue weighted by molar-refractivity contribution is 0.0963. The molecule has 3 N–H and O–H groups in total. The van der Waals surface area contributed by atoms with Crippen molar-refractivity contribution < 1.29 is 4.79 Å².